The molecule has 4 nitrogen and oxygen atoms in total. The zero-order chi connectivity index (χ0) is 15.6. The molecule has 5 heteroatoms. The van der Waals surface area contributed by atoms with Crippen LogP contribution in [0.4, 0.5) is 0 Å². The summed E-state index contributed by atoms with van der Waals surface area (Å²) in [7, 11) is 3.76. The monoisotopic (exact) mass is 305 g/mol. The molecular weight excluding hydrogens is 286 g/mol. The van der Waals surface area contributed by atoms with Gasteiger partial charge in [0.2, 0.25) is 0 Å². The highest BCUT2D eigenvalue weighted by molar-refractivity contribution is 6.30. The van der Waals surface area contributed by atoms with Crippen molar-refractivity contribution < 1.29 is 4.79 Å². The molecule has 0 spiro atoms. The lowest BCUT2D eigenvalue weighted by atomic mass is 10.1. The zero-order valence-corrected chi connectivity index (χ0v) is 13.6. The number of allylic oxidation sites excluding steroid dienone is 1. The number of ketones is 1. The Labute approximate surface area is 130 Å². The predicted molar refractivity (Wildman–Crippen MR) is 86.9 cm³/mol. The van der Waals surface area contributed by atoms with Crippen molar-refractivity contribution in [3.8, 4) is 0 Å². The third kappa shape index (κ3) is 3.27. The molecule has 0 saturated carbocycles. The maximum absolute atomic E-state index is 12.4. The number of carbonyl (C=O) groups excluding carboxylic acids is 1. The van der Waals surface area contributed by atoms with Crippen molar-refractivity contribution in [1.29, 1.82) is 0 Å². The number of pyridine rings is 1. The first kappa shape index (κ1) is 15.6. The summed E-state index contributed by atoms with van der Waals surface area (Å²) in [5.74, 6) is -0.0577. The minimum Gasteiger partial charge on any atom is -0.383 e. The number of aryl methyl sites for hydroxylation is 2. The van der Waals surface area contributed by atoms with Gasteiger partial charge >= 0.3 is 0 Å². The molecule has 0 bridgehead atoms. The van der Waals surface area contributed by atoms with Crippen molar-refractivity contribution in [2.45, 2.75) is 26.8 Å². The number of hydrogen-bond donors (Lipinski definition) is 0. The van der Waals surface area contributed by atoms with Crippen LogP contribution in [0.5, 0.6) is 0 Å². The van der Waals surface area contributed by atoms with Crippen LogP contribution in [0.3, 0.4) is 0 Å². The summed E-state index contributed by atoms with van der Waals surface area (Å²) in [6.07, 6.45) is 6.17. The summed E-state index contributed by atoms with van der Waals surface area (Å²) in [6.45, 7) is 4.95. The van der Waals surface area contributed by atoms with Gasteiger partial charge in [-0.2, -0.15) is 0 Å². The average Bonchev–Trinajstić information content (AvgIpc) is 2.75. The van der Waals surface area contributed by atoms with E-state index in [0.717, 1.165) is 24.0 Å². The fraction of sp³-hybridized carbons (Fsp3) is 0.375. The molecule has 0 N–H and O–H groups in total. The number of rotatable bonds is 5. The van der Waals surface area contributed by atoms with E-state index in [2.05, 4.69) is 16.5 Å². The molecule has 0 aliphatic carbocycles. The van der Waals surface area contributed by atoms with Gasteiger partial charge in [0, 0.05) is 39.1 Å². The van der Waals surface area contributed by atoms with Gasteiger partial charge in [-0.1, -0.05) is 18.5 Å². The fourth-order valence-corrected chi connectivity index (χ4v) is 2.61. The Bertz CT molecular complexity index is 701. The average molecular weight is 306 g/mol. The molecule has 0 unspecified atom stereocenters. The van der Waals surface area contributed by atoms with E-state index in [1.807, 2.05) is 38.2 Å². The molecule has 112 valence electrons. The number of halogens is 1. The number of hydrogen-bond acceptors (Lipinski definition) is 3. The Morgan fingerprint density at radius 3 is 2.81 bits per heavy atom. The van der Waals surface area contributed by atoms with E-state index >= 15 is 0 Å². The highest BCUT2D eigenvalue weighted by Gasteiger charge is 2.17. The summed E-state index contributed by atoms with van der Waals surface area (Å²) in [5.41, 5.74) is 3.31. The molecule has 0 aliphatic rings. The van der Waals surface area contributed by atoms with Crippen molar-refractivity contribution >= 4 is 28.4 Å². The summed E-state index contributed by atoms with van der Waals surface area (Å²) < 4.78 is 2.09. The second-order valence-corrected chi connectivity index (χ2v) is 5.73. The van der Waals surface area contributed by atoms with Crippen LogP contribution in [-0.4, -0.2) is 34.3 Å². The van der Waals surface area contributed by atoms with Crippen molar-refractivity contribution in [1.82, 2.24) is 14.5 Å². The van der Waals surface area contributed by atoms with Crippen LogP contribution < -0.4 is 0 Å². The molecule has 0 fully saturated rings. The molecule has 0 saturated heterocycles. The summed E-state index contributed by atoms with van der Waals surface area (Å²) in [5, 5.41) is 0.417. The Morgan fingerprint density at radius 2 is 2.19 bits per heavy atom. The molecule has 0 aromatic carbocycles. The highest BCUT2D eigenvalue weighted by Crippen LogP contribution is 2.26. The van der Waals surface area contributed by atoms with Gasteiger partial charge in [-0.15, -0.1) is 0 Å². The van der Waals surface area contributed by atoms with Gasteiger partial charge in [-0.25, -0.2) is 4.98 Å². The van der Waals surface area contributed by atoms with Crippen molar-refractivity contribution in [3.05, 3.63) is 40.8 Å². The van der Waals surface area contributed by atoms with Gasteiger partial charge in [0.1, 0.15) is 10.7 Å². The number of nitrogens with zero attached hydrogens (tertiary/aromatic N) is 3. The minimum atomic E-state index is -0.0577. The molecule has 0 aliphatic heterocycles. The lowest BCUT2D eigenvalue weighted by molar-refractivity contribution is 0.104. The quantitative estimate of drug-likeness (QED) is 0.480. The van der Waals surface area contributed by atoms with Crippen LogP contribution in [0.15, 0.2) is 24.5 Å². The topological polar surface area (TPSA) is 38.1 Å². The summed E-state index contributed by atoms with van der Waals surface area (Å²) in [4.78, 5) is 18.6. The molecule has 0 atom stereocenters. The molecule has 2 heterocycles. The number of carbonyl (C=O) groups is 1. The summed E-state index contributed by atoms with van der Waals surface area (Å²) >= 11 is 6.06. The molecule has 0 radical (unpaired) electrons. The van der Waals surface area contributed by atoms with E-state index in [1.165, 1.54) is 0 Å². The Kier molecular flexibility index (Phi) is 4.68. The SMILES string of the molecule is CCCn1cc(C(=O)C=CN(C)C)c2nc(Cl)cc(C)c21. The van der Waals surface area contributed by atoms with Crippen molar-refractivity contribution in [2.24, 2.45) is 0 Å². The van der Waals surface area contributed by atoms with Crippen LogP contribution in [0.25, 0.3) is 11.0 Å². The molecule has 0 amide bonds. The molecule has 2 rings (SSSR count). The van der Waals surface area contributed by atoms with Crippen LogP contribution >= 0.6 is 11.6 Å². The normalized spacial score (nSPS) is 11.5. The van der Waals surface area contributed by atoms with Crippen LogP contribution in [0, 0.1) is 6.92 Å². The molecule has 2 aromatic heterocycles. The van der Waals surface area contributed by atoms with E-state index in [4.69, 9.17) is 11.6 Å². The Morgan fingerprint density at radius 1 is 1.48 bits per heavy atom. The zero-order valence-electron chi connectivity index (χ0n) is 12.9. The van der Waals surface area contributed by atoms with E-state index in [9.17, 15) is 4.79 Å². The van der Waals surface area contributed by atoms with Gasteiger partial charge in [0.15, 0.2) is 5.78 Å². The van der Waals surface area contributed by atoms with Gasteiger partial charge in [0.05, 0.1) is 11.1 Å². The van der Waals surface area contributed by atoms with E-state index < -0.39 is 0 Å². The fourth-order valence-electron chi connectivity index (χ4n) is 2.36. The highest BCUT2D eigenvalue weighted by atomic mass is 35.5. The Hall–Kier alpha value is -1.81. The van der Waals surface area contributed by atoms with Crippen LogP contribution in [0.2, 0.25) is 5.15 Å². The second-order valence-electron chi connectivity index (χ2n) is 5.34. The first-order chi connectivity index (χ1) is 9.93. The van der Waals surface area contributed by atoms with E-state index in [0.29, 0.717) is 16.2 Å². The van der Waals surface area contributed by atoms with Gasteiger partial charge in [-0.05, 0) is 25.0 Å². The lowest BCUT2D eigenvalue weighted by Gasteiger charge is -2.05. The van der Waals surface area contributed by atoms with Gasteiger partial charge < -0.3 is 9.47 Å². The molecule has 2 aromatic rings. The maximum atomic E-state index is 12.4. The second kappa shape index (κ2) is 6.31. The van der Waals surface area contributed by atoms with E-state index in [-0.39, 0.29) is 5.78 Å². The third-order valence-corrected chi connectivity index (χ3v) is 3.43. The first-order valence-corrected chi connectivity index (χ1v) is 7.36. The van der Waals surface area contributed by atoms with Crippen LogP contribution in [0.1, 0.15) is 29.3 Å². The lowest BCUT2D eigenvalue weighted by Crippen LogP contribution is -2.03. The largest absolute Gasteiger partial charge is 0.383 e. The minimum absolute atomic E-state index is 0.0577. The summed E-state index contributed by atoms with van der Waals surface area (Å²) in [6, 6.07) is 1.83. The molecular formula is C16H20ClN3O. The first-order valence-electron chi connectivity index (χ1n) is 6.99. The number of fused-ring (bicyclic) bond motifs is 1. The Balaban J connectivity index is 2.61. The van der Waals surface area contributed by atoms with Crippen molar-refractivity contribution in [3.63, 3.8) is 0 Å². The molecule has 21 heavy (non-hydrogen) atoms. The number of aromatic nitrogens is 2. The third-order valence-electron chi connectivity index (χ3n) is 3.23. The van der Waals surface area contributed by atoms with Crippen LogP contribution in [-0.2, 0) is 6.54 Å². The van der Waals surface area contributed by atoms with E-state index in [1.54, 1.807) is 12.3 Å². The van der Waals surface area contributed by atoms with Gasteiger partial charge in [0.25, 0.3) is 0 Å². The van der Waals surface area contributed by atoms with Gasteiger partial charge in [-0.3, -0.25) is 4.79 Å². The smallest absolute Gasteiger partial charge is 0.191 e. The van der Waals surface area contributed by atoms with Crippen molar-refractivity contribution in [2.75, 3.05) is 14.1 Å². The maximum Gasteiger partial charge on any atom is 0.191 e. The predicted octanol–water partition coefficient (Wildman–Crippen LogP) is 3.67. The standard InChI is InChI=1S/C16H20ClN3O/c1-5-7-20-10-12(13(21)6-8-19(3)4)15-16(20)11(2)9-14(17)18-15/h6,8-10H,5,7H2,1-4H3.